The van der Waals surface area contributed by atoms with Crippen molar-refractivity contribution in [2.45, 2.75) is 57.5 Å². The van der Waals surface area contributed by atoms with Gasteiger partial charge in [-0.05, 0) is 98.1 Å². The van der Waals surface area contributed by atoms with E-state index in [4.69, 9.17) is 52.1 Å². The number of hydrogen-bond acceptors (Lipinski definition) is 10. The summed E-state index contributed by atoms with van der Waals surface area (Å²) in [7, 11) is 0. The number of phenols is 1. The number of hydrogen-bond donors (Lipinski definition) is 2. The van der Waals surface area contributed by atoms with Crippen molar-refractivity contribution in [3.8, 4) is 17.2 Å². The van der Waals surface area contributed by atoms with E-state index in [1.807, 2.05) is 0 Å². The van der Waals surface area contributed by atoms with E-state index in [9.17, 15) is 28.7 Å². The first-order chi connectivity index (χ1) is 27.9. The smallest absolute Gasteiger partial charge is 0.415 e. The summed E-state index contributed by atoms with van der Waals surface area (Å²) < 4.78 is 49.6. The number of phenolic OH excluding ortho intramolecular Hbond substituents is 1. The predicted molar refractivity (Wildman–Crippen MR) is 207 cm³/mol. The Morgan fingerprint density at radius 1 is 0.983 bits per heavy atom. The lowest BCUT2D eigenvalue weighted by Gasteiger charge is -2.44. The largest absolute Gasteiger partial charge is 0.619 e. The lowest BCUT2D eigenvalue weighted by Crippen LogP contribution is -2.53. The Labute approximate surface area is 342 Å². The molecule has 4 fully saturated rings. The Hall–Kier alpha value is -5.38. The molecular weight excluding hydrogens is 803 g/mol. The zero-order chi connectivity index (χ0) is 41.3. The van der Waals surface area contributed by atoms with Gasteiger partial charge in [-0.15, -0.1) is 0 Å². The number of carboxylic acid groups (broad SMARTS) is 1. The number of aromatic hydroxyl groups is 1. The number of pyridine rings is 1. The maximum atomic E-state index is 13.7. The summed E-state index contributed by atoms with van der Waals surface area (Å²) in [5.74, 6) is -0.337. The summed E-state index contributed by atoms with van der Waals surface area (Å²) in [6.45, 7) is -0.342. The third-order valence-electron chi connectivity index (χ3n) is 10.2. The van der Waals surface area contributed by atoms with Crippen LogP contribution in [0.5, 0.6) is 17.2 Å². The highest BCUT2D eigenvalue weighted by atomic mass is 35.5. The van der Waals surface area contributed by atoms with Crippen molar-refractivity contribution < 1.29 is 57.1 Å². The second kappa shape index (κ2) is 19.4. The summed E-state index contributed by atoms with van der Waals surface area (Å²) in [6.07, 6.45) is 4.13. The zero-order valence-electron chi connectivity index (χ0n) is 31.1. The van der Waals surface area contributed by atoms with Crippen LogP contribution in [0.1, 0.15) is 58.8 Å². The highest BCUT2D eigenvalue weighted by Gasteiger charge is 2.38. The van der Waals surface area contributed by atoms with Gasteiger partial charge in [-0.3, -0.25) is 14.6 Å². The van der Waals surface area contributed by atoms with Crippen LogP contribution in [0, 0.1) is 17.0 Å². The Balaban J connectivity index is 0.00000183. The number of piperidine rings is 3. The van der Waals surface area contributed by atoms with E-state index < -0.39 is 24.8 Å². The van der Waals surface area contributed by atoms with Gasteiger partial charge in [0.2, 0.25) is 0 Å². The molecule has 8 rings (SSSR count). The number of fused-ring (bicyclic) bond motifs is 3. The summed E-state index contributed by atoms with van der Waals surface area (Å²) in [6, 6.07) is 17.2. The molecular formula is C41H41Cl2F2N3O10. The fourth-order valence-corrected chi connectivity index (χ4v) is 7.56. The second-order valence-electron chi connectivity index (χ2n) is 14.2. The first kappa shape index (κ1) is 42.2. The van der Waals surface area contributed by atoms with Crippen molar-refractivity contribution in [2.75, 3.05) is 31.1 Å². The molecule has 4 aliphatic rings. The predicted octanol–water partition coefficient (Wildman–Crippen LogP) is 7.80. The quantitative estimate of drug-likeness (QED) is 0.0552. The summed E-state index contributed by atoms with van der Waals surface area (Å²) in [5.41, 5.74) is 1.80. The van der Waals surface area contributed by atoms with Crippen LogP contribution in [0.15, 0.2) is 79.1 Å². The number of amides is 1. The van der Waals surface area contributed by atoms with Gasteiger partial charge in [0.25, 0.3) is 6.47 Å². The van der Waals surface area contributed by atoms with Gasteiger partial charge in [0.15, 0.2) is 23.9 Å². The molecule has 0 spiro atoms. The average molecular weight is 845 g/mol. The summed E-state index contributed by atoms with van der Waals surface area (Å²) in [4.78, 5) is 39.4. The van der Waals surface area contributed by atoms with E-state index in [1.54, 1.807) is 42.5 Å². The fraction of sp³-hybridized carbons (Fsp3) is 0.366. The molecule has 308 valence electrons. The van der Waals surface area contributed by atoms with Gasteiger partial charge in [0, 0.05) is 18.5 Å². The van der Waals surface area contributed by atoms with Crippen molar-refractivity contribution in [1.29, 1.82) is 0 Å². The molecule has 0 unspecified atom stereocenters. The van der Waals surface area contributed by atoms with E-state index in [0.29, 0.717) is 40.5 Å². The van der Waals surface area contributed by atoms with Gasteiger partial charge in [0.1, 0.15) is 28.0 Å². The maximum absolute atomic E-state index is 13.7. The second-order valence-corrected chi connectivity index (χ2v) is 15.0. The Morgan fingerprint density at radius 3 is 2.26 bits per heavy atom. The fourth-order valence-electron chi connectivity index (χ4n) is 6.97. The van der Waals surface area contributed by atoms with Crippen LogP contribution >= 0.6 is 23.2 Å². The molecule has 2 N–H and O–H groups in total. The van der Waals surface area contributed by atoms with Crippen molar-refractivity contribution in [2.24, 2.45) is 11.8 Å². The molecule has 1 aliphatic carbocycles. The number of carbonyl (C=O) groups is 3. The molecule has 1 aromatic heterocycles. The number of anilines is 1. The van der Waals surface area contributed by atoms with Gasteiger partial charge in [0.05, 0.1) is 24.4 Å². The lowest BCUT2D eigenvalue weighted by atomic mass is 9.86. The highest BCUT2D eigenvalue weighted by Crippen LogP contribution is 2.38. The molecule has 4 aromatic rings. The van der Waals surface area contributed by atoms with Crippen LogP contribution in [0.2, 0.25) is 10.0 Å². The molecule has 13 nitrogen and oxygen atoms in total. The number of rotatable bonds is 14. The number of nitrogens with zero attached hydrogens (tertiary/aromatic N) is 3. The minimum absolute atomic E-state index is 0.0385. The molecule has 3 aromatic carbocycles. The van der Waals surface area contributed by atoms with Gasteiger partial charge < -0.3 is 34.4 Å². The number of alkyl halides is 2. The third kappa shape index (κ3) is 11.0. The lowest BCUT2D eigenvalue weighted by molar-refractivity contribution is -0.605. The molecule has 2 bridgehead atoms. The first-order valence-corrected chi connectivity index (χ1v) is 19.3. The van der Waals surface area contributed by atoms with Crippen molar-refractivity contribution >= 4 is 47.4 Å². The number of para-hydroxylation sites is 2. The minimum Gasteiger partial charge on any atom is -0.619 e. The standard InChI is InChI=1S/C40H39Cl2F2N3O8.CH2O2/c41-30-20-46(51)21-31(42)29(30)18-35(28-11-12-34(54-39(43)44)36(17-28)52-23-25-5-6-25)53-38(49)27-9-7-24(8-10-27)19-47(32-3-1-2-4-33(32)48)40(50)55-37-22-45-15-13-26(37)14-16-45;2-1-3/h1-4,7-12,17,20-21,25-26,35,37,39,48H,5-6,13-16,18-19,22-23H2;1H,(H,2,3)/t35-,37-;/m0./s1. The van der Waals surface area contributed by atoms with E-state index in [2.05, 4.69) is 4.90 Å². The maximum Gasteiger partial charge on any atom is 0.415 e. The van der Waals surface area contributed by atoms with E-state index in [1.165, 1.54) is 29.2 Å². The van der Waals surface area contributed by atoms with E-state index >= 15 is 0 Å². The van der Waals surface area contributed by atoms with E-state index in [-0.39, 0.29) is 70.0 Å². The van der Waals surface area contributed by atoms with E-state index in [0.717, 1.165) is 51.2 Å². The molecule has 2 atom stereocenters. The van der Waals surface area contributed by atoms with Gasteiger partial charge >= 0.3 is 18.7 Å². The number of halogens is 4. The topological polar surface area (TPSA) is 162 Å². The Morgan fingerprint density at radius 2 is 1.66 bits per heavy atom. The summed E-state index contributed by atoms with van der Waals surface area (Å²) >= 11 is 12.8. The van der Waals surface area contributed by atoms with Gasteiger partial charge in [-0.1, -0.05) is 53.5 Å². The number of ether oxygens (including phenoxy) is 4. The molecule has 3 aliphatic heterocycles. The van der Waals surface area contributed by atoms with Gasteiger partial charge in [-0.2, -0.15) is 13.5 Å². The van der Waals surface area contributed by atoms with Crippen LogP contribution in [0.3, 0.4) is 0 Å². The SMILES string of the molecule is O=C(O[C@@H](Cc1c(Cl)c[n+]([O-])cc1Cl)c1ccc(OC(F)F)c(OCC2CC2)c1)c1ccc(CN(C(=O)O[C@H]2CN3CCC2CC3)c2ccccc2O)cc1.O=CO. The molecule has 1 amide bonds. The molecule has 17 heteroatoms. The molecule has 58 heavy (non-hydrogen) atoms. The average Bonchev–Trinajstić information content (AvgIpc) is 4.03. The molecule has 3 saturated heterocycles. The highest BCUT2D eigenvalue weighted by molar-refractivity contribution is 6.35. The summed E-state index contributed by atoms with van der Waals surface area (Å²) in [5, 5.41) is 29.6. The van der Waals surface area contributed by atoms with Crippen molar-refractivity contribution in [1.82, 2.24) is 4.90 Å². The number of benzene rings is 3. The Kier molecular flexibility index (Phi) is 14.1. The third-order valence-corrected chi connectivity index (χ3v) is 10.8. The minimum atomic E-state index is -3.09. The number of esters is 1. The zero-order valence-corrected chi connectivity index (χ0v) is 32.6. The number of carbonyl (C=O) groups excluding carboxylic acids is 2. The molecule has 4 heterocycles. The van der Waals surface area contributed by atoms with Gasteiger partial charge in [-0.25, -0.2) is 9.59 Å². The normalized spacial score (nSPS) is 18.7. The van der Waals surface area contributed by atoms with Crippen LogP contribution in [-0.2, 0) is 27.2 Å². The van der Waals surface area contributed by atoms with Crippen molar-refractivity contribution in [3.05, 3.63) is 117 Å². The Bertz CT molecular complexity index is 2040. The van der Waals surface area contributed by atoms with Crippen molar-refractivity contribution in [3.63, 3.8) is 0 Å². The number of aromatic nitrogens is 1. The monoisotopic (exact) mass is 843 g/mol. The molecule has 0 radical (unpaired) electrons. The molecule has 1 saturated carbocycles. The van der Waals surface area contributed by atoms with Crippen LogP contribution in [-0.4, -0.2) is 72.6 Å². The van der Waals surface area contributed by atoms with Crippen LogP contribution < -0.4 is 19.1 Å². The van der Waals surface area contributed by atoms with Crippen LogP contribution in [0.25, 0.3) is 0 Å². The van der Waals surface area contributed by atoms with Crippen LogP contribution in [0.4, 0.5) is 19.3 Å². The first-order valence-electron chi connectivity index (χ1n) is 18.6.